The molecule has 2 rings (SSSR count). The maximum Gasteiger partial charge on any atom is 0.411 e. The van der Waals surface area contributed by atoms with Gasteiger partial charge in [0.2, 0.25) is 0 Å². The minimum absolute atomic E-state index is 0.201. The highest BCUT2D eigenvalue weighted by atomic mass is 16.5. The predicted molar refractivity (Wildman–Crippen MR) is 83.4 cm³/mol. The molecule has 5 nitrogen and oxygen atoms in total. The molecule has 0 aromatic heterocycles. The van der Waals surface area contributed by atoms with Crippen LogP contribution >= 0.6 is 0 Å². The number of anilines is 1. The van der Waals surface area contributed by atoms with Gasteiger partial charge in [-0.25, -0.2) is 9.59 Å². The van der Waals surface area contributed by atoms with Crippen molar-refractivity contribution in [2.24, 2.45) is 0 Å². The number of aliphatic carboxylic acids is 1. The third kappa shape index (κ3) is 5.13. The molecule has 0 fully saturated rings. The first-order chi connectivity index (χ1) is 10.6. The van der Waals surface area contributed by atoms with Gasteiger partial charge in [0.1, 0.15) is 6.61 Å². The molecule has 0 radical (unpaired) electrons. The Hall–Kier alpha value is -3.08. The quantitative estimate of drug-likeness (QED) is 0.828. The fraction of sp³-hybridized carbons (Fsp3) is 0.0588. The molecule has 0 aliphatic carbocycles. The Kier molecular flexibility index (Phi) is 5.31. The molecule has 0 aliphatic heterocycles. The van der Waals surface area contributed by atoms with Gasteiger partial charge < -0.3 is 9.84 Å². The van der Waals surface area contributed by atoms with Crippen LogP contribution in [0.1, 0.15) is 11.1 Å². The van der Waals surface area contributed by atoms with E-state index in [1.807, 2.05) is 30.3 Å². The van der Waals surface area contributed by atoms with Crippen LogP contribution in [0.5, 0.6) is 0 Å². The van der Waals surface area contributed by atoms with Crippen molar-refractivity contribution >= 4 is 23.8 Å². The Balaban J connectivity index is 1.85. The fourth-order valence-corrected chi connectivity index (χ4v) is 1.72. The molecule has 22 heavy (non-hydrogen) atoms. The summed E-state index contributed by atoms with van der Waals surface area (Å²) in [5, 5.41) is 11.1. The van der Waals surface area contributed by atoms with E-state index in [9.17, 15) is 9.59 Å². The smallest absolute Gasteiger partial charge is 0.411 e. The molecule has 0 saturated carbocycles. The summed E-state index contributed by atoms with van der Waals surface area (Å²) in [6.07, 6.45) is 1.98. The second-order valence-electron chi connectivity index (χ2n) is 4.48. The number of carbonyl (C=O) groups is 2. The van der Waals surface area contributed by atoms with E-state index in [1.54, 1.807) is 24.3 Å². The van der Waals surface area contributed by atoms with Gasteiger partial charge in [-0.3, -0.25) is 5.32 Å². The molecule has 0 atom stereocenters. The summed E-state index contributed by atoms with van der Waals surface area (Å²) < 4.78 is 5.10. The van der Waals surface area contributed by atoms with E-state index in [1.165, 1.54) is 6.08 Å². The molecule has 2 aromatic rings. The Labute approximate surface area is 127 Å². The first kappa shape index (κ1) is 15.3. The van der Waals surface area contributed by atoms with Gasteiger partial charge in [-0.2, -0.15) is 0 Å². The zero-order valence-electron chi connectivity index (χ0n) is 11.7. The highest BCUT2D eigenvalue weighted by Crippen LogP contribution is 2.11. The van der Waals surface area contributed by atoms with Crippen LogP contribution in [0.4, 0.5) is 10.5 Å². The largest absolute Gasteiger partial charge is 0.478 e. The number of nitrogens with one attached hydrogen (secondary N) is 1. The molecule has 0 unspecified atom stereocenters. The van der Waals surface area contributed by atoms with E-state index in [-0.39, 0.29) is 6.61 Å². The highest BCUT2D eigenvalue weighted by Gasteiger charge is 2.03. The van der Waals surface area contributed by atoms with Crippen molar-refractivity contribution < 1.29 is 19.4 Å². The number of hydrogen-bond donors (Lipinski definition) is 2. The zero-order valence-corrected chi connectivity index (χ0v) is 11.7. The van der Waals surface area contributed by atoms with Crippen LogP contribution in [0.2, 0.25) is 0 Å². The van der Waals surface area contributed by atoms with E-state index >= 15 is 0 Å². The number of carboxylic acid groups (broad SMARTS) is 1. The van der Waals surface area contributed by atoms with Crippen LogP contribution in [0.3, 0.4) is 0 Å². The minimum atomic E-state index is -1.01. The van der Waals surface area contributed by atoms with E-state index in [0.717, 1.165) is 17.2 Å². The van der Waals surface area contributed by atoms with Crippen molar-refractivity contribution in [2.45, 2.75) is 6.61 Å². The first-order valence-corrected chi connectivity index (χ1v) is 6.62. The second kappa shape index (κ2) is 7.64. The van der Waals surface area contributed by atoms with Gasteiger partial charge in [0.15, 0.2) is 0 Å². The van der Waals surface area contributed by atoms with Crippen LogP contribution in [0.25, 0.3) is 6.08 Å². The first-order valence-electron chi connectivity index (χ1n) is 6.62. The van der Waals surface area contributed by atoms with Crippen molar-refractivity contribution in [3.63, 3.8) is 0 Å². The molecule has 1 amide bonds. The summed E-state index contributed by atoms with van der Waals surface area (Å²) in [5.74, 6) is -1.01. The van der Waals surface area contributed by atoms with E-state index in [4.69, 9.17) is 9.84 Å². The lowest BCUT2D eigenvalue weighted by atomic mass is 10.2. The van der Waals surface area contributed by atoms with Gasteiger partial charge in [0, 0.05) is 11.8 Å². The molecule has 112 valence electrons. The van der Waals surface area contributed by atoms with Crippen LogP contribution < -0.4 is 5.32 Å². The van der Waals surface area contributed by atoms with Crippen molar-refractivity contribution in [2.75, 3.05) is 5.32 Å². The van der Waals surface area contributed by atoms with Crippen molar-refractivity contribution in [3.8, 4) is 0 Å². The number of carboxylic acids is 1. The SMILES string of the molecule is O=C(O)/C=C/c1ccc(NC(=O)OCc2ccccc2)cc1. The molecule has 2 N–H and O–H groups in total. The molecule has 0 aliphatic rings. The van der Waals surface area contributed by atoms with Crippen molar-refractivity contribution in [1.82, 2.24) is 0 Å². The Bertz CT molecular complexity index is 663. The number of amides is 1. The maximum absolute atomic E-state index is 11.7. The summed E-state index contributed by atoms with van der Waals surface area (Å²) in [5.41, 5.74) is 2.21. The van der Waals surface area contributed by atoms with Gasteiger partial charge in [0.25, 0.3) is 0 Å². The molecular weight excluding hydrogens is 282 g/mol. The summed E-state index contributed by atoms with van der Waals surface area (Å²) in [6, 6.07) is 16.1. The molecule has 0 bridgehead atoms. The average molecular weight is 297 g/mol. The Morgan fingerprint density at radius 2 is 1.73 bits per heavy atom. The van der Waals surface area contributed by atoms with Crippen LogP contribution in [0, 0.1) is 0 Å². The summed E-state index contributed by atoms with van der Waals surface area (Å²) in [4.78, 5) is 22.1. The van der Waals surface area contributed by atoms with Gasteiger partial charge >= 0.3 is 12.1 Å². The molecular formula is C17H15NO4. The standard InChI is InChI=1S/C17H15NO4/c19-16(20)11-8-13-6-9-15(10-7-13)18-17(21)22-12-14-4-2-1-3-5-14/h1-11H,12H2,(H,18,21)(H,19,20)/b11-8+. The number of benzene rings is 2. The lowest BCUT2D eigenvalue weighted by Gasteiger charge is -2.07. The normalized spacial score (nSPS) is 10.4. The second-order valence-corrected chi connectivity index (χ2v) is 4.48. The van der Waals surface area contributed by atoms with Gasteiger partial charge in [-0.15, -0.1) is 0 Å². The third-order valence-electron chi connectivity index (χ3n) is 2.79. The number of hydrogen-bond acceptors (Lipinski definition) is 3. The van der Waals surface area contributed by atoms with Gasteiger partial charge in [-0.05, 0) is 29.3 Å². The van der Waals surface area contributed by atoms with Crippen LogP contribution in [0.15, 0.2) is 60.7 Å². The van der Waals surface area contributed by atoms with Crippen molar-refractivity contribution in [3.05, 3.63) is 71.8 Å². The molecule has 0 heterocycles. The lowest BCUT2D eigenvalue weighted by molar-refractivity contribution is -0.131. The van der Waals surface area contributed by atoms with E-state index < -0.39 is 12.1 Å². The van der Waals surface area contributed by atoms with Gasteiger partial charge in [-0.1, -0.05) is 42.5 Å². The Morgan fingerprint density at radius 3 is 2.36 bits per heavy atom. The summed E-state index contributed by atoms with van der Waals surface area (Å²) in [6.45, 7) is 0.201. The number of carbonyl (C=O) groups excluding carboxylic acids is 1. The topological polar surface area (TPSA) is 75.6 Å². The molecule has 5 heteroatoms. The Morgan fingerprint density at radius 1 is 1.05 bits per heavy atom. The van der Waals surface area contributed by atoms with E-state index in [0.29, 0.717) is 5.69 Å². The van der Waals surface area contributed by atoms with Crippen molar-refractivity contribution in [1.29, 1.82) is 0 Å². The highest BCUT2D eigenvalue weighted by molar-refractivity contribution is 5.86. The lowest BCUT2D eigenvalue weighted by Crippen LogP contribution is -2.13. The fourth-order valence-electron chi connectivity index (χ4n) is 1.72. The third-order valence-corrected chi connectivity index (χ3v) is 2.79. The maximum atomic E-state index is 11.7. The number of rotatable bonds is 5. The van der Waals surface area contributed by atoms with E-state index in [2.05, 4.69) is 5.32 Å². The minimum Gasteiger partial charge on any atom is -0.478 e. The zero-order chi connectivity index (χ0) is 15.8. The average Bonchev–Trinajstić information content (AvgIpc) is 2.53. The summed E-state index contributed by atoms with van der Waals surface area (Å²) in [7, 11) is 0. The predicted octanol–water partition coefficient (Wildman–Crippen LogP) is 3.53. The molecule has 2 aromatic carbocycles. The molecule has 0 spiro atoms. The van der Waals surface area contributed by atoms with Gasteiger partial charge in [0.05, 0.1) is 0 Å². The number of ether oxygens (including phenoxy) is 1. The summed E-state index contributed by atoms with van der Waals surface area (Å²) >= 11 is 0. The van der Waals surface area contributed by atoms with Crippen LogP contribution in [-0.4, -0.2) is 17.2 Å². The monoisotopic (exact) mass is 297 g/mol. The molecule has 0 saturated heterocycles. The van der Waals surface area contributed by atoms with Crippen LogP contribution in [-0.2, 0) is 16.1 Å².